The molecule has 2 N–H and O–H groups in total. The predicted octanol–water partition coefficient (Wildman–Crippen LogP) is 3.91. The number of allylic oxidation sites excluding steroid dienone is 1. The molecule has 1 saturated carbocycles. The van der Waals surface area contributed by atoms with E-state index in [1.165, 1.54) is 12.1 Å². The maximum Gasteiger partial charge on any atom is 0.335 e. The number of benzene rings is 1. The van der Waals surface area contributed by atoms with E-state index in [2.05, 4.69) is 5.32 Å². The molecule has 21 heavy (non-hydrogen) atoms. The van der Waals surface area contributed by atoms with Crippen LogP contribution in [0.1, 0.15) is 24.2 Å². The zero-order valence-electron chi connectivity index (χ0n) is 11.6. The van der Waals surface area contributed by atoms with E-state index in [0.29, 0.717) is 5.69 Å². The summed E-state index contributed by atoms with van der Waals surface area (Å²) in [4.78, 5) is 23.2. The Bertz CT molecular complexity index is 621. The molecule has 1 aromatic carbocycles. The molecule has 1 aliphatic carbocycles. The second-order valence-corrected chi connectivity index (χ2v) is 6.66. The van der Waals surface area contributed by atoms with Crippen molar-refractivity contribution < 1.29 is 14.7 Å². The topological polar surface area (TPSA) is 66.4 Å². The zero-order valence-corrected chi connectivity index (χ0v) is 13.1. The number of anilines is 1. The Hall–Kier alpha value is -1.52. The first-order valence-electron chi connectivity index (χ1n) is 6.40. The third-order valence-electron chi connectivity index (χ3n) is 3.88. The highest BCUT2D eigenvalue weighted by molar-refractivity contribution is 6.55. The smallest absolute Gasteiger partial charge is 0.335 e. The number of rotatable bonds is 4. The van der Waals surface area contributed by atoms with Gasteiger partial charge in [-0.25, -0.2) is 4.79 Å². The Kier molecular flexibility index (Phi) is 4.30. The summed E-state index contributed by atoms with van der Waals surface area (Å²) in [5.41, 5.74) is 0.370. The van der Waals surface area contributed by atoms with E-state index < -0.39 is 5.97 Å². The van der Waals surface area contributed by atoms with Crippen molar-refractivity contribution in [2.24, 2.45) is 17.3 Å². The molecule has 2 atom stereocenters. The van der Waals surface area contributed by atoms with Gasteiger partial charge in [0.25, 0.3) is 0 Å². The fourth-order valence-electron chi connectivity index (χ4n) is 2.58. The molecular weight excluding hydrogens is 313 g/mol. The van der Waals surface area contributed by atoms with Gasteiger partial charge < -0.3 is 10.4 Å². The highest BCUT2D eigenvalue weighted by atomic mass is 35.5. The van der Waals surface area contributed by atoms with Gasteiger partial charge in [0.2, 0.25) is 5.91 Å². The third-order valence-corrected chi connectivity index (χ3v) is 4.13. The van der Waals surface area contributed by atoms with Crippen LogP contribution in [-0.2, 0) is 4.79 Å². The third kappa shape index (κ3) is 3.39. The van der Waals surface area contributed by atoms with Gasteiger partial charge >= 0.3 is 5.97 Å². The maximum atomic E-state index is 12.3. The van der Waals surface area contributed by atoms with Gasteiger partial charge in [0.1, 0.15) is 4.49 Å². The van der Waals surface area contributed by atoms with Crippen LogP contribution in [0.4, 0.5) is 5.69 Å². The summed E-state index contributed by atoms with van der Waals surface area (Å²) < 4.78 is 0.149. The minimum absolute atomic E-state index is 0.0230. The van der Waals surface area contributed by atoms with E-state index in [4.69, 9.17) is 28.3 Å². The highest BCUT2D eigenvalue weighted by Gasteiger charge is 2.60. The summed E-state index contributed by atoms with van der Waals surface area (Å²) in [5, 5.41) is 11.7. The first-order valence-corrected chi connectivity index (χ1v) is 7.16. The Morgan fingerprint density at radius 1 is 1.33 bits per heavy atom. The first kappa shape index (κ1) is 15.9. The van der Waals surface area contributed by atoms with E-state index in [1.54, 1.807) is 18.2 Å². The molecule has 0 radical (unpaired) electrons. The Morgan fingerprint density at radius 2 is 2.00 bits per heavy atom. The van der Waals surface area contributed by atoms with Gasteiger partial charge in [0.15, 0.2) is 0 Å². The summed E-state index contributed by atoms with van der Waals surface area (Å²) in [7, 11) is 0. The van der Waals surface area contributed by atoms with Gasteiger partial charge in [0.05, 0.1) is 11.5 Å². The van der Waals surface area contributed by atoms with E-state index >= 15 is 0 Å². The van der Waals surface area contributed by atoms with Gasteiger partial charge in [-0.05, 0) is 35.6 Å². The lowest BCUT2D eigenvalue weighted by Crippen LogP contribution is -2.17. The van der Waals surface area contributed by atoms with Crippen LogP contribution < -0.4 is 5.32 Å². The van der Waals surface area contributed by atoms with E-state index in [1.807, 2.05) is 13.8 Å². The van der Waals surface area contributed by atoms with Gasteiger partial charge in [-0.15, -0.1) is 0 Å². The summed E-state index contributed by atoms with van der Waals surface area (Å²) in [5.74, 6) is -1.46. The number of amides is 1. The average molecular weight is 328 g/mol. The van der Waals surface area contributed by atoms with Crippen molar-refractivity contribution in [3.05, 3.63) is 40.4 Å². The number of carbonyl (C=O) groups is 2. The molecule has 0 unspecified atom stereocenters. The molecule has 0 saturated heterocycles. The predicted molar refractivity (Wildman–Crippen MR) is 82.6 cm³/mol. The number of aromatic carboxylic acids is 1. The SMILES string of the molecule is CC1(C)[C@@H](C=C(Cl)Cl)[C@@H]1C(=O)Nc1cccc(C(=O)O)c1. The lowest BCUT2D eigenvalue weighted by Gasteiger charge is -2.06. The molecule has 0 aliphatic heterocycles. The van der Waals surface area contributed by atoms with Gasteiger partial charge in [-0.2, -0.15) is 0 Å². The number of carbonyl (C=O) groups excluding carboxylic acids is 1. The average Bonchev–Trinajstić information content (AvgIpc) is 2.90. The highest BCUT2D eigenvalue weighted by Crippen LogP contribution is 2.60. The van der Waals surface area contributed by atoms with E-state index in [-0.39, 0.29) is 33.2 Å². The standard InChI is InChI=1S/C15H15Cl2NO3/c1-15(2)10(7-11(16)17)12(15)13(19)18-9-5-3-4-8(6-9)14(20)21/h3-7,10,12H,1-2H3,(H,18,19)(H,20,21)/t10-,12+/m0/s1. The van der Waals surface area contributed by atoms with Crippen LogP contribution in [0.15, 0.2) is 34.8 Å². The van der Waals surface area contributed by atoms with Crippen molar-refractivity contribution in [2.75, 3.05) is 5.32 Å². The molecule has 6 heteroatoms. The molecule has 1 aromatic rings. The normalized spacial score (nSPS) is 22.3. The molecule has 0 aromatic heterocycles. The molecule has 1 amide bonds. The fraction of sp³-hybridized carbons (Fsp3) is 0.333. The number of carboxylic acid groups (broad SMARTS) is 1. The largest absolute Gasteiger partial charge is 0.478 e. The lowest BCUT2D eigenvalue weighted by molar-refractivity contribution is -0.118. The summed E-state index contributed by atoms with van der Waals surface area (Å²) in [6.45, 7) is 3.92. The Labute approximate surface area is 132 Å². The zero-order chi connectivity index (χ0) is 15.8. The molecule has 1 aliphatic rings. The fourth-order valence-corrected chi connectivity index (χ4v) is 2.85. The van der Waals surface area contributed by atoms with Crippen LogP contribution in [0.25, 0.3) is 0 Å². The quantitative estimate of drug-likeness (QED) is 0.880. The number of hydrogen-bond donors (Lipinski definition) is 2. The molecule has 0 heterocycles. The first-order chi connectivity index (χ1) is 9.73. The summed E-state index contributed by atoms with van der Waals surface area (Å²) in [6, 6.07) is 6.13. The molecule has 1 fully saturated rings. The van der Waals surface area contributed by atoms with Crippen molar-refractivity contribution >= 4 is 40.8 Å². The van der Waals surface area contributed by atoms with Crippen LogP contribution in [-0.4, -0.2) is 17.0 Å². The number of nitrogens with one attached hydrogen (secondary N) is 1. The van der Waals surface area contributed by atoms with Crippen LogP contribution in [0, 0.1) is 17.3 Å². The molecular formula is C15H15Cl2NO3. The van der Waals surface area contributed by atoms with Crippen LogP contribution in [0.2, 0.25) is 0 Å². The van der Waals surface area contributed by atoms with Crippen molar-refractivity contribution in [1.82, 2.24) is 0 Å². The molecule has 0 spiro atoms. The molecule has 4 nitrogen and oxygen atoms in total. The van der Waals surface area contributed by atoms with Gasteiger partial charge in [-0.3, -0.25) is 4.79 Å². The minimum atomic E-state index is -1.03. The minimum Gasteiger partial charge on any atom is -0.478 e. The van der Waals surface area contributed by atoms with E-state index in [9.17, 15) is 9.59 Å². The second kappa shape index (κ2) is 5.70. The lowest BCUT2D eigenvalue weighted by atomic mass is 10.1. The van der Waals surface area contributed by atoms with Crippen LogP contribution in [0.5, 0.6) is 0 Å². The molecule has 2 rings (SSSR count). The van der Waals surface area contributed by atoms with Crippen molar-refractivity contribution in [3.63, 3.8) is 0 Å². The van der Waals surface area contributed by atoms with Crippen LogP contribution in [0.3, 0.4) is 0 Å². The van der Waals surface area contributed by atoms with Crippen molar-refractivity contribution in [3.8, 4) is 0 Å². The number of halogens is 2. The van der Waals surface area contributed by atoms with Gasteiger partial charge in [0, 0.05) is 5.69 Å². The van der Waals surface area contributed by atoms with Gasteiger partial charge in [-0.1, -0.05) is 43.1 Å². The second-order valence-electron chi connectivity index (χ2n) is 5.66. The van der Waals surface area contributed by atoms with Crippen molar-refractivity contribution in [2.45, 2.75) is 13.8 Å². The maximum absolute atomic E-state index is 12.3. The van der Waals surface area contributed by atoms with E-state index in [0.717, 1.165) is 0 Å². The number of hydrogen-bond acceptors (Lipinski definition) is 2. The molecule has 0 bridgehead atoms. The molecule has 112 valence electrons. The Morgan fingerprint density at radius 3 is 2.57 bits per heavy atom. The number of carboxylic acids is 1. The monoisotopic (exact) mass is 327 g/mol. The van der Waals surface area contributed by atoms with Crippen molar-refractivity contribution in [1.29, 1.82) is 0 Å². The summed E-state index contributed by atoms with van der Waals surface area (Å²) >= 11 is 11.3. The Balaban J connectivity index is 2.11. The van der Waals surface area contributed by atoms with Crippen LogP contribution >= 0.6 is 23.2 Å². The summed E-state index contributed by atoms with van der Waals surface area (Å²) in [6.07, 6.45) is 1.67.